The summed E-state index contributed by atoms with van der Waals surface area (Å²) in [6.45, 7) is 1.71. The number of esters is 2. The van der Waals surface area contributed by atoms with Gasteiger partial charge in [0.15, 0.2) is 6.61 Å². The van der Waals surface area contributed by atoms with Crippen LogP contribution in [0.3, 0.4) is 0 Å². The quantitative estimate of drug-likeness (QED) is 0.246. The molecule has 0 bridgehead atoms. The van der Waals surface area contributed by atoms with Crippen molar-refractivity contribution in [2.75, 3.05) is 23.8 Å². The first kappa shape index (κ1) is 29.5. The minimum absolute atomic E-state index is 0.130. The Morgan fingerprint density at radius 3 is 2.05 bits per heavy atom. The van der Waals surface area contributed by atoms with Gasteiger partial charge in [-0.1, -0.05) is 30.1 Å². The number of ether oxygens (including phenoxy) is 3. The smallest absolute Gasteiger partial charge is 0.338 e. The first-order valence-corrected chi connectivity index (χ1v) is 12.7. The molecule has 0 fully saturated rings. The van der Waals surface area contributed by atoms with Crippen molar-refractivity contribution in [3.8, 4) is 11.5 Å². The van der Waals surface area contributed by atoms with Gasteiger partial charge in [-0.15, -0.1) is 0 Å². The minimum atomic E-state index is -0.696. The van der Waals surface area contributed by atoms with Gasteiger partial charge in [-0.25, -0.2) is 4.79 Å². The molecule has 3 rings (SSSR count). The fraction of sp³-hybridized carbons (Fsp3) is 0.214. The number of halogens is 2. The Balaban J connectivity index is 1.35. The van der Waals surface area contributed by atoms with Crippen LogP contribution < -0.4 is 15.4 Å². The van der Waals surface area contributed by atoms with Crippen LogP contribution in [0, 0.1) is 0 Å². The molecule has 2 amide bonds. The second-order valence-corrected chi connectivity index (χ2v) is 9.02. The second kappa shape index (κ2) is 14.8. The van der Waals surface area contributed by atoms with Gasteiger partial charge < -0.3 is 24.8 Å². The van der Waals surface area contributed by atoms with Crippen LogP contribution in [0.1, 0.15) is 36.5 Å². The van der Waals surface area contributed by atoms with E-state index in [9.17, 15) is 19.2 Å². The fourth-order valence-corrected chi connectivity index (χ4v) is 3.56. The van der Waals surface area contributed by atoms with Gasteiger partial charge in [-0.2, -0.15) is 0 Å². The van der Waals surface area contributed by atoms with Crippen LogP contribution in [0.4, 0.5) is 11.4 Å². The van der Waals surface area contributed by atoms with Crippen molar-refractivity contribution < 1.29 is 33.4 Å². The number of carbonyl (C=O) groups is 4. The molecule has 3 aromatic carbocycles. The molecule has 0 aromatic heterocycles. The van der Waals surface area contributed by atoms with Gasteiger partial charge in [0.1, 0.15) is 11.5 Å². The summed E-state index contributed by atoms with van der Waals surface area (Å²) in [7, 11) is 0. The Kier molecular flexibility index (Phi) is 11.1. The highest BCUT2D eigenvalue weighted by atomic mass is 35.5. The molecule has 0 aliphatic heterocycles. The topological polar surface area (TPSA) is 120 Å². The Morgan fingerprint density at radius 1 is 0.769 bits per heavy atom. The first-order chi connectivity index (χ1) is 18.7. The van der Waals surface area contributed by atoms with Crippen molar-refractivity contribution in [3.05, 3.63) is 82.3 Å². The molecule has 0 aliphatic rings. The fourth-order valence-electron chi connectivity index (χ4n) is 3.11. The number of anilines is 2. The molecule has 0 spiro atoms. The lowest BCUT2D eigenvalue weighted by Gasteiger charge is -2.10. The first-order valence-electron chi connectivity index (χ1n) is 12.0. The lowest BCUT2D eigenvalue weighted by atomic mass is 10.2. The highest BCUT2D eigenvalue weighted by molar-refractivity contribution is 6.35. The van der Waals surface area contributed by atoms with E-state index in [0.29, 0.717) is 45.1 Å². The number of hydrogen-bond donors (Lipinski definition) is 2. The largest absolute Gasteiger partial charge is 0.462 e. The van der Waals surface area contributed by atoms with Gasteiger partial charge in [0.25, 0.3) is 5.91 Å². The van der Waals surface area contributed by atoms with E-state index in [1.54, 1.807) is 42.5 Å². The molecule has 9 nitrogen and oxygen atoms in total. The number of hydrogen-bond acceptors (Lipinski definition) is 7. The molecule has 3 aromatic rings. The van der Waals surface area contributed by atoms with Crippen LogP contribution in [-0.4, -0.2) is 37.0 Å². The van der Waals surface area contributed by atoms with Gasteiger partial charge in [-0.3, -0.25) is 14.4 Å². The van der Waals surface area contributed by atoms with E-state index in [4.69, 9.17) is 37.4 Å². The lowest BCUT2D eigenvalue weighted by Crippen LogP contribution is -2.21. The molecule has 0 saturated heterocycles. The highest BCUT2D eigenvalue weighted by Gasteiger charge is 2.12. The zero-order chi connectivity index (χ0) is 28.2. The number of carbonyl (C=O) groups excluding carboxylic acids is 4. The molecule has 0 aliphatic carbocycles. The van der Waals surface area contributed by atoms with Gasteiger partial charge in [0.2, 0.25) is 5.91 Å². The Hall–Kier alpha value is -4.08. The molecule has 0 unspecified atom stereocenters. The van der Waals surface area contributed by atoms with Crippen molar-refractivity contribution in [2.24, 2.45) is 0 Å². The number of rotatable bonds is 12. The summed E-state index contributed by atoms with van der Waals surface area (Å²) >= 11 is 12.0. The molecule has 2 N–H and O–H groups in total. The molecule has 204 valence electrons. The maximum absolute atomic E-state index is 12.2. The third-order valence-corrected chi connectivity index (χ3v) is 5.55. The molecule has 0 radical (unpaired) electrons. The van der Waals surface area contributed by atoms with Gasteiger partial charge in [0, 0.05) is 22.8 Å². The zero-order valence-corrected chi connectivity index (χ0v) is 22.5. The summed E-state index contributed by atoms with van der Waals surface area (Å²) in [5, 5.41) is 6.09. The Labute approximate surface area is 235 Å². The van der Waals surface area contributed by atoms with Crippen molar-refractivity contribution in [3.63, 3.8) is 0 Å². The molecular weight excluding hydrogens is 547 g/mol. The average Bonchev–Trinajstić information content (AvgIpc) is 2.92. The molecule has 0 saturated carbocycles. The summed E-state index contributed by atoms with van der Waals surface area (Å²) in [5.41, 5.74) is 1.29. The van der Waals surface area contributed by atoms with Crippen LogP contribution in [-0.2, 0) is 23.9 Å². The van der Waals surface area contributed by atoms with E-state index >= 15 is 0 Å². The molecule has 39 heavy (non-hydrogen) atoms. The van der Waals surface area contributed by atoms with E-state index in [-0.39, 0.29) is 12.8 Å². The third kappa shape index (κ3) is 9.96. The van der Waals surface area contributed by atoms with Crippen LogP contribution in [0.15, 0.2) is 66.7 Å². The van der Waals surface area contributed by atoms with E-state index in [1.807, 2.05) is 6.92 Å². The van der Waals surface area contributed by atoms with E-state index in [2.05, 4.69) is 10.6 Å². The van der Waals surface area contributed by atoms with Crippen LogP contribution in [0.25, 0.3) is 0 Å². The predicted molar refractivity (Wildman–Crippen MR) is 147 cm³/mol. The van der Waals surface area contributed by atoms with E-state index in [1.165, 1.54) is 24.3 Å². The third-order valence-electron chi connectivity index (χ3n) is 5.02. The minimum Gasteiger partial charge on any atom is -0.462 e. The lowest BCUT2D eigenvalue weighted by molar-refractivity contribution is -0.147. The molecule has 11 heteroatoms. The van der Waals surface area contributed by atoms with Crippen LogP contribution in [0.5, 0.6) is 11.5 Å². The summed E-state index contributed by atoms with van der Waals surface area (Å²) < 4.78 is 15.7. The van der Waals surface area contributed by atoms with E-state index in [0.717, 1.165) is 6.42 Å². The molecule has 0 atom stereocenters. The summed E-state index contributed by atoms with van der Waals surface area (Å²) in [5.74, 6) is -1.16. The van der Waals surface area contributed by atoms with Crippen molar-refractivity contribution >= 4 is 58.3 Å². The number of amides is 2. The van der Waals surface area contributed by atoms with Gasteiger partial charge in [0.05, 0.1) is 23.6 Å². The van der Waals surface area contributed by atoms with Crippen LogP contribution >= 0.6 is 23.2 Å². The van der Waals surface area contributed by atoms with Gasteiger partial charge in [-0.05, 0) is 73.2 Å². The highest BCUT2D eigenvalue weighted by Crippen LogP contribution is 2.32. The van der Waals surface area contributed by atoms with Crippen molar-refractivity contribution in [1.82, 2.24) is 0 Å². The Morgan fingerprint density at radius 2 is 1.41 bits per heavy atom. The van der Waals surface area contributed by atoms with Crippen LogP contribution in [0.2, 0.25) is 10.0 Å². The molecule has 0 heterocycles. The SMILES string of the molecule is CCCOC(=O)c1ccc(NC(=O)COC(=O)CCC(=O)Nc2ccc(Oc3ccc(Cl)cc3Cl)cc2)cc1. The number of benzene rings is 3. The van der Waals surface area contributed by atoms with Crippen molar-refractivity contribution in [1.29, 1.82) is 0 Å². The second-order valence-electron chi connectivity index (χ2n) is 8.17. The number of nitrogens with one attached hydrogen (secondary N) is 2. The summed E-state index contributed by atoms with van der Waals surface area (Å²) in [4.78, 5) is 48.0. The van der Waals surface area contributed by atoms with E-state index < -0.39 is 30.4 Å². The zero-order valence-electron chi connectivity index (χ0n) is 21.0. The predicted octanol–water partition coefficient (Wildman–Crippen LogP) is 6.25. The maximum Gasteiger partial charge on any atom is 0.338 e. The normalized spacial score (nSPS) is 10.3. The summed E-state index contributed by atoms with van der Waals surface area (Å²) in [6.07, 6.45) is 0.383. The standard InChI is InChI=1S/C28H26Cl2N2O7/c1-2-15-37-28(36)18-3-6-20(7-4-18)32-26(34)17-38-27(35)14-13-25(33)31-21-8-10-22(11-9-21)39-24-12-5-19(29)16-23(24)30/h3-12,16H,2,13-15,17H2,1H3,(H,31,33)(H,32,34). The van der Waals surface area contributed by atoms with Crippen molar-refractivity contribution in [2.45, 2.75) is 26.2 Å². The summed E-state index contributed by atoms with van der Waals surface area (Å²) in [6, 6.07) is 17.6. The maximum atomic E-state index is 12.2. The molecular formula is C28H26Cl2N2O7. The average molecular weight is 573 g/mol. The van der Waals surface area contributed by atoms with Gasteiger partial charge >= 0.3 is 11.9 Å². The monoisotopic (exact) mass is 572 g/mol. The Bertz CT molecular complexity index is 1310.